The zero-order valence-electron chi connectivity index (χ0n) is 13.4. The Labute approximate surface area is 147 Å². The van der Waals surface area contributed by atoms with Gasteiger partial charge in [-0.25, -0.2) is 12.8 Å². The van der Waals surface area contributed by atoms with E-state index in [1.54, 1.807) is 0 Å². The molecule has 140 valence electrons. The Kier molecular flexibility index (Phi) is 6.01. The minimum Gasteiger partial charge on any atom is -0.352 e. The van der Waals surface area contributed by atoms with Gasteiger partial charge in [-0.15, -0.1) is 0 Å². The molecular weight excluding hydrogens is 374 g/mol. The molecule has 0 aromatic heterocycles. The Morgan fingerprint density at radius 2 is 1.54 bits per heavy atom. The van der Waals surface area contributed by atoms with Crippen molar-refractivity contribution in [3.8, 4) is 0 Å². The van der Waals surface area contributed by atoms with Crippen LogP contribution in [0.5, 0.6) is 0 Å². The minimum atomic E-state index is -4.43. The molecule has 1 N–H and O–H groups in total. The molecule has 0 unspecified atom stereocenters. The maximum Gasteiger partial charge on any atom is 0.416 e. The SMILES string of the molecule is O=C(CCS(=O)(=O)c1ccc(F)cc1)NCc1ccc(C(F)(F)F)cc1. The second-order valence-electron chi connectivity index (χ2n) is 5.49. The van der Waals surface area contributed by atoms with Crippen molar-refractivity contribution in [3.63, 3.8) is 0 Å². The number of amides is 1. The first-order valence-corrected chi connectivity index (χ1v) is 9.14. The van der Waals surface area contributed by atoms with Crippen molar-refractivity contribution in [2.24, 2.45) is 0 Å². The Balaban J connectivity index is 1.86. The Bertz CT molecular complexity index is 860. The van der Waals surface area contributed by atoms with Crippen LogP contribution in [0.15, 0.2) is 53.4 Å². The third kappa shape index (κ3) is 5.55. The first kappa shape index (κ1) is 19.9. The molecule has 2 rings (SSSR count). The van der Waals surface area contributed by atoms with Crippen LogP contribution in [-0.2, 0) is 27.4 Å². The number of halogens is 4. The summed E-state index contributed by atoms with van der Waals surface area (Å²) in [6.45, 7) is -0.0203. The van der Waals surface area contributed by atoms with Crippen molar-refractivity contribution in [1.29, 1.82) is 0 Å². The van der Waals surface area contributed by atoms with Crippen molar-refractivity contribution in [3.05, 3.63) is 65.5 Å². The molecular formula is C17H15F4NO3S. The van der Waals surface area contributed by atoms with Crippen LogP contribution in [0.3, 0.4) is 0 Å². The molecule has 4 nitrogen and oxygen atoms in total. The predicted octanol–water partition coefficient (Wildman–Crippen LogP) is 3.32. The Morgan fingerprint density at radius 1 is 0.962 bits per heavy atom. The van der Waals surface area contributed by atoms with Crippen LogP contribution >= 0.6 is 0 Å². The fourth-order valence-electron chi connectivity index (χ4n) is 2.09. The maximum atomic E-state index is 12.8. The van der Waals surface area contributed by atoms with Gasteiger partial charge in [0.25, 0.3) is 0 Å². The number of hydrogen-bond acceptors (Lipinski definition) is 3. The van der Waals surface area contributed by atoms with Crippen molar-refractivity contribution >= 4 is 15.7 Å². The summed E-state index contributed by atoms with van der Waals surface area (Å²) in [4.78, 5) is 11.7. The molecule has 0 aliphatic carbocycles. The molecule has 26 heavy (non-hydrogen) atoms. The molecule has 0 heterocycles. The summed E-state index contributed by atoms with van der Waals surface area (Å²) < 4.78 is 74.3. The highest BCUT2D eigenvalue weighted by atomic mass is 32.2. The highest BCUT2D eigenvalue weighted by Gasteiger charge is 2.29. The monoisotopic (exact) mass is 389 g/mol. The van der Waals surface area contributed by atoms with E-state index in [1.165, 1.54) is 12.1 Å². The normalized spacial score (nSPS) is 12.0. The lowest BCUT2D eigenvalue weighted by Crippen LogP contribution is -2.25. The summed E-state index contributed by atoms with van der Waals surface area (Å²) in [5, 5.41) is 2.45. The van der Waals surface area contributed by atoms with E-state index in [4.69, 9.17) is 0 Å². The van der Waals surface area contributed by atoms with E-state index < -0.39 is 39.1 Å². The smallest absolute Gasteiger partial charge is 0.352 e. The van der Waals surface area contributed by atoms with Gasteiger partial charge < -0.3 is 5.32 Å². The summed E-state index contributed by atoms with van der Waals surface area (Å²) in [6, 6.07) is 8.53. The number of hydrogen-bond donors (Lipinski definition) is 1. The molecule has 9 heteroatoms. The molecule has 0 fully saturated rings. The first-order valence-electron chi connectivity index (χ1n) is 7.49. The van der Waals surface area contributed by atoms with E-state index in [9.17, 15) is 30.8 Å². The van der Waals surface area contributed by atoms with E-state index in [0.717, 1.165) is 36.4 Å². The number of rotatable bonds is 6. The molecule has 0 saturated heterocycles. The van der Waals surface area contributed by atoms with Gasteiger partial charge >= 0.3 is 6.18 Å². The lowest BCUT2D eigenvalue weighted by Gasteiger charge is -2.09. The topological polar surface area (TPSA) is 63.2 Å². The van der Waals surface area contributed by atoms with Gasteiger partial charge in [0.05, 0.1) is 16.2 Å². The summed E-state index contributed by atoms with van der Waals surface area (Å²) in [7, 11) is -3.73. The average molecular weight is 389 g/mol. The molecule has 0 radical (unpaired) electrons. The standard InChI is InChI=1S/C17H15F4NO3S/c18-14-5-7-15(8-6-14)26(24,25)10-9-16(23)22-11-12-1-3-13(4-2-12)17(19,20)21/h1-8H,9-11H2,(H,22,23). The van der Waals surface area contributed by atoms with Crippen LogP contribution in [-0.4, -0.2) is 20.1 Å². The van der Waals surface area contributed by atoms with Crippen LogP contribution < -0.4 is 5.32 Å². The molecule has 0 atom stereocenters. The van der Waals surface area contributed by atoms with Gasteiger partial charge in [-0.05, 0) is 42.0 Å². The van der Waals surface area contributed by atoms with Crippen molar-refractivity contribution in [2.75, 3.05) is 5.75 Å². The van der Waals surface area contributed by atoms with E-state index in [-0.39, 0.29) is 17.9 Å². The second-order valence-corrected chi connectivity index (χ2v) is 7.60. The summed E-state index contributed by atoms with van der Waals surface area (Å²) >= 11 is 0. The Morgan fingerprint density at radius 3 is 2.08 bits per heavy atom. The van der Waals surface area contributed by atoms with Crippen molar-refractivity contribution in [2.45, 2.75) is 24.0 Å². The van der Waals surface area contributed by atoms with E-state index >= 15 is 0 Å². The van der Waals surface area contributed by atoms with Gasteiger partial charge in [0.15, 0.2) is 9.84 Å². The van der Waals surface area contributed by atoms with Gasteiger partial charge in [0, 0.05) is 13.0 Å². The lowest BCUT2D eigenvalue weighted by molar-refractivity contribution is -0.137. The van der Waals surface area contributed by atoms with Crippen LogP contribution in [0, 0.1) is 5.82 Å². The summed E-state index contributed by atoms with van der Waals surface area (Å²) in [6.07, 6.45) is -4.75. The zero-order valence-corrected chi connectivity index (χ0v) is 14.2. The molecule has 0 saturated carbocycles. The minimum absolute atomic E-state index is 0.0203. The van der Waals surface area contributed by atoms with Crippen molar-refractivity contribution < 1.29 is 30.8 Å². The highest BCUT2D eigenvalue weighted by Crippen LogP contribution is 2.29. The highest BCUT2D eigenvalue weighted by molar-refractivity contribution is 7.91. The van der Waals surface area contributed by atoms with E-state index in [2.05, 4.69) is 5.32 Å². The largest absolute Gasteiger partial charge is 0.416 e. The van der Waals surface area contributed by atoms with Gasteiger partial charge in [0.2, 0.25) is 5.91 Å². The lowest BCUT2D eigenvalue weighted by atomic mass is 10.1. The quantitative estimate of drug-likeness (QED) is 0.609. The fraction of sp³-hybridized carbons (Fsp3) is 0.235. The number of carbonyl (C=O) groups is 1. The van der Waals surface area contributed by atoms with Crippen LogP contribution in [0.1, 0.15) is 17.5 Å². The summed E-state index contributed by atoms with van der Waals surface area (Å²) in [5.74, 6) is -1.59. The third-order valence-electron chi connectivity index (χ3n) is 3.54. The molecule has 2 aromatic rings. The maximum absolute atomic E-state index is 12.8. The number of nitrogens with one attached hydrogen (secondary N) is 1. The van der Waals surface area contributed by atoms with Crippen LogP contribution in [0.25, 0.3) is 0 Å². The van der Waals surface area contributed by atoms with E-state index in [1.807, 2.05) is 0 Å². The van der Waals surface area contributed by atoms with Crippen molar-refractivity contribution in [1.82, 2.24) is 5.32 Å². The Hall–Kier alpha value is -2.42. The number of alkyl halides is 3. The van der Waals surface area contributed by atoms with E-state index in [0.29, 0.717) is 5.56 Å². The van der Waals surface area contributed by atoms with Gasteiger partial charge in [0.1, 0.15) is 5.82 Å². The average Bonchev–Trinajstić information content (AvgIpc) is 2.58. The molecule has 1 amide bonds. The van der Waals surface area contributed by atoms with Crippen LogP contribution in [0.4, 0.5) is 17.6 Å². The third-order valence-corrected chi connectivity index (χ3v) is 5.27. The molecule has 0 spiro atoms. The van der Waals surface area contributed by atoms with Gasteiger partial charge in [-0.3, -0.25) is 4.79 Å². The van der Waals surface area contributed by atoms with Crippen LogP contribution in [0.2, 0.25) is 0 Å². The molecule has 2 aromatic carbocycles. The number of carbonyl (C=O) groups excluding carboxylic acids is 1. The number of benzene rings is 2. The second kappa shape index (κ2) is 7.86. The zero-order chi connectivity index (χ0) is 19.4. The molecule has 0 bridgehead atoms. The first-order chi connectivity index (χ1) is 12.1. The summed E-state index contributed by atoms with van der Waals surface area (Å²) in [5.41, 5.74) is -0.342. The molecule has 0 aliphatic heterocycles. The van der Waals surface area contributed by atoms with Gasteiger partial charge in [-0.2, -0.15) is 13.2 Å². The molecule has 0 aliphatic rings. The predicted molar refractivity (Wildman–Crippen MR) is 86.4 cm³/mol. The number of sulfone groups is 1. The fourth-order valence-corrected chi connectivity index (χ4v) is 3.33. The van der Waals surface area contributed by atoms with Gasteiger partial charge in [-0.1, -0.05) is 12.1 Å².